The zero-order chi connectivity index (χ0) is 17.1. The first kappa shape index (κ1) is 17.2. The highest BCUT2D eigenvalue weighted by Gasteiger charge is 2.28. The molecule has 0 bridgehead atoms. The van der Waals surface area contributed by atoms with Crippen molar-refractivity contribution < 1.29 is 4.79 Å². The summed E-state index contributed by atoms with van der Waals surface area (Å²) in [5, 5.41) is 15.4. The molecule has 24 heavy (non-hydrogen) atoms. The fraction of sp³-hybridized carbons (Fsp3) is 0.471. The largest absolute Gasteiger partial charge is 0.353 e. The summed E-state index contributed by atoms with van der Waals surface area (Å²) < 4.78 is 0.802. The van der Waals surface area contributed by atoms with Crippen LogP contribution in [0.25, 0.3) is 0 Å². The summed E-state index contributed by atoms with van der Waals surface area (Å²) in [6.45, 7) is 6.22. The molecule has 1 atom stereocenters. The van der Waals surface area contributed by atoms with E-state index in [-0.39, 0.29) is 11.9 Å². The van der Waals surface area contributed by atoms with Crippen molar-refractivity contribution in [2.24, 2.45) is 5.92 Å². The monoisotopic (exact) mass is 362 g/mol. The molecule has 1 aromatic carbocycles. The van der Waals surface area contributed by atoms with Gasteiger partial charge in [-0.1, -0.05) is 40.8 Å². The van der Waals surface area contributed by atoms with E-state index in [1.807, 2.05) is 6.07 Å². The normalized spacial score (nSPS) is 15.1. The molecule has 0 spiro atoms. The van der Waals surface area contributed by atoms with Gasteiger partial charge in [0.25, 0.3) is 0 Å². The van der Waals surface area contributed by atoms with Gasteiger partial charge in [-0.2, -0.15) is 0 Å². The second kappa shape index (κ2) is 7.53. The highest BCUT2D eigenvalue weighted by atomic mass is 32.2. The Hall–Kier alpha value is -1.60. The average molecular weight is 363 g/mol. The van der Waals surface area contributed by atoms with Crippen LogP contribution in [0.5, 0.6) is 0 Å². The van der Waals surface area contributed by atoms with Gasteiger partial charge in [-0.15, -0.1) is 10.2 Å². The zero-order valence-corrected chi connectivity index (χ0v) is 15.8. The van der Waals surface area contributed by atoms with Gasteiger partial charge in [-0.25, -0.2) is 0 Å². The molecule has 2 N–H and O–H groups in total. The summed E-state index contributed by atoms with van der Waals surface area (Å²) in [4.78, 5) is 11.9. The van der Waals surface area contributed by atoms with Crippen LogP contribution in [-0.2, 0) is 4.79 Å². The molecule has 1 amide bonds. The van der Waals surface area contributed by atoms with Crippen molar-refractivity contribution in [3.63, 3.8) is 0 Å². The van der Waals surface area contributed by atoms with E-state index in [1.54, 1.807) is 0 Å². The minimum Gasteiger partial charge on any atom is -0.353 e. The maximum atomic E-state index is 11.9. The van der Waals surface area contributed by atoms with Gasteiger partial charge in [-0.3, -0.25) is 4.79 Å². The van der Waals surface area contributed by atoms with Gasteiger partial charge >= 0.3 is 0 Å². The maximum Gasteiger partial charge on any atom is 0.230 e. The number of carbonyl (C=O) groups excluding carboxylic acids is 1. The van der Waals surface area contributed by atoms with Crippen molar-refractivity contribution in [2.45, 2.75) is 44.0 Å². The molecule has 0 radical (unpaired) electrons. The Balaban J connectivity index is 1.50. The standard InChI is InChI=1S/C17H22N4OS2/c1-10-4-7-14(11(2)8-10)19-16-20-21-17(24-16)23-9-15(22)18-12(3)13-5-6-13/h4,7-8,12-13H,5-6,9H2,1-3H3,(H,18,22)(H,19,20)/t12-/m0/s1. The van der Waals surface area contributed by atoms with E-state index >= 15 is 0 Å². The van der Waals surface area contributed by atoms with Crippen molar-refractivity contribution in [3.8, 4) is 0 Å². The van der Waals surface area contributed by atoms with Gasteiger partial charge in [0.15, 0.2) is 4.34 Å². The van der Waals surface area contributed by atoms with Crippen LogP contribution in [0.15, 0.2) is 22.5 Å². The minimum atomic E-state index is 0.0680. The first-order valence-corrected chi connectivity index (χ1v) is 9.91. The van der Waals surface area contributed by atoms with Crippen LogP contribution < -0.4 is 10.6 Å². The number of anilines is 2. The van der Waals surface area contributed by atoms with E-state index < -0.39 is 0 Å². The maximum absolute atomic E-state index is 11.9. The Morgan fingerprint density at radius 3 is 2.88 bits per heavy atom. The fourth-order valence-electron chi connectivity index (χ4n) is 2.52. The number of thioether (sulfide) groups is 1. The van der Waals surface area contributed by atoms with E-state index in [2.05, 4.69) is 53.7 Å². The Bertz CT molecular complexity index is 727. The lowest BCUT2D eigenvalue weighted by Gasteiger charge is -2.11. The molecule has 5 nitrogen and oxygen atoms in total. The number of carbonyl (C=O) groups is 1. The molecule has 1 aliphatic carbocycles. The first-order valence-electron chi connectivity index (χ1n) is 8.11. The molecular weight excluding hydrogens is 340 g/mol. The van der Waals surface area contributed by atoms with Crippen LogP contribution in [0.1, 0.15) is 30.9 Å². The van der Waals surface area contributed by atoms with E-state index in [1.165, 1.54) is 47.1 Å². The number of nitrogens with one attached hydrogen (secondary N) is 2. The molecule has 1 aliphatic rings. The number of benzene rings is 1. The van der Waals surface area contributed by atoms with Crippen LogP contribution in [-0.4, -0.2) is 27.9 Å². The summed E-state index contributed by atoms with van der Waals surface area (Å²) in [5.41, 5.74) is 3.44. The summed E-state index contributed by atoms with van der Waals surface area (Å²) in [5.74, 6) is 1.13. The zero-order valence-electron chi connectivity index (χ0n) is 14.1. The van der Waals surface area contributed by atoms with Gasteiger partial charge in [0.2, 0.25) is 11.0 Å². The number of amides is 1. The number of rotatable bonds is 7. The SMILES string of the molecule is Cc1ccc(Nc2nnc(SCC(=O)N[C@@H](C)C3CC3)s2)c(C)c1. The molecule has 2 aromatic rings. The van der Waals surface area contributed by atoms with E-state index in [4.69, 9.17) is 0 Å². The Labute approximate surface area is 150 Å². The van der Waals surface area contributed by atoms with Gasteiger partial charge in [-0.05, 0) is 51.2 Å². The average Bonchev–Trinajstić information content (AvgIpc) is 3.29. The van der Waals surface area contributed by atoms with Gasteiger partial charge in [0, 0.05) is 11.7 Å². The predicted molar refractivity (Wildman–Crippen MR) is 100 cm³/mol. The fourth-order valence-corrected chi connectivity index (χ4v) is 4.10. The predicted octanol–water partition coefficient (Wildman–Crippen LogP) is 3.91. The molecule has 1 fully saturated rings. The van der Waals surface area contributed by atoms with Crippen molar-refractivity contribution in [1.29, 1.82) is 0 Å². The second-order valence-corrected chi connectivity index (χ2v) is 8.50. The summed E-state index contributed by atoms with van der Waals surface area (Å²) >= 11 is 2.90. The van der Waals surface area contributed by atoms with Gasteiger partial charge < -0.3 is 10.6 Å². The van der Waals surface area contributed by atoms with E-state index in [0.29, 0.717) is 11.7 Å². The molecule has 7 heteroatoms. The highest BCUT2D eigenvalue weighted by molar-refractivity contribution is 8.01. The molecule has 0 saturated heterocycles. The molecule has 0 unspecified atom stereocenters. The number of hydrogen-bond donors (Lipinski definition) is 2. The molecule has 1 heterocycles. The first-order chi connectivity index (χ1) is 11.5. The number of nitrogens with zero attached hydrogens (tertiary/aromatic N) is 2. The third-order valence-corrected chi connectivity index (χ3v) is 6.05. The lowest BCUT2D eigenvalue weighted by Crippen LogP contribution is -2.35. The Morgan fingerprint density at radius 2 is 2.17 bits per heavy atom. The van der Waals surface area contributed by atoms with Crippen LogP contribution in [0.4, 0.5) is 10.8 Å². The van der Waals surface area contributed by atoms with Crippen LogP contribution >= 0.6 is 23.1 Å². The van der Waals surface area contributed by atoms with Crippen molar-refractivity contribution in [1.82, 2.24) is 15.5 Å². The molecule has 128 valence electrons. The quantitative estimate of drug-likeness (QED) is 0.731. The third kappa shape index (κ3) is 4.70. The lowest BCUT2D eigenvalue weighted by molar-refractivity contribution is -0.119. The summed E-state index contributed by atoms with van der Waals surface area (Å²) in [6, 6.07) is 6.53. The van der Waals surface area contributed by atoms with Crippen molar-refractivity contribution in [2.75, 3.05) is 11.1 Å². The number of aryl methyl sites for hydroxylation is 2. The van der Waals surface area contributed by atoms with Crippen LogP contribution in [0, 0.1) is 19.8 Å². The number of aromatic nitrogens is 2. The third-order valence-electron chi connectivity index (χ3n) is 4.07. The summed E-state index contributed by atoms with van der Waals surface area (Å²) in [6.07, 6.45) is 2.47. The van der Waals surface area contributed by atoms with Crippen molar-refractivity contribution >= 4 is 39.8 Å². The Kier molecular flexibility index (Phi) is 5.40. The van der Waals surface area contributed by atoms with Crippen molar-refractivity contribution in [3.05, 3.63) is 29.3 Å². The van der Waals surface area contributed by atoms with E-state index in [9.17, 15) is 4.79 Å². The molecule has 1 aromatic heterocycles. The highest BCUT2D eigenvalue weighted by Crippen LogP contribution is 2.32. The second-order valence-electron chi connectivity index (χ2n) is 6.30. The topological polar surface area (TPSA) is 66.9 Å². The molecular formula is C17H22N4OS2. The van der Waals surface area contributed by atoms with Crippen LogP contribution in [0.3, 0.4) is 0 Å². The van der Waals surface area contributed by atoms with Gasteiger partial charge in [0.05, 0.1) is 5.75 Å². The summed E-state index contributed by atoms with van der Waals surface area (Å²) in [7, 11) is 0. The smallest absolute Gasteiger partial charge is 0.230 e. The lowest BCUT2D eigenvalue weighted by atomic mass is 10.1. The molecule has 3 rings (SSSR count). The Morgan fingerprint density at radius 1 is 1.38 bits per heavy atom. The van der Waals surface area contributed by atoms with Gasteiger partial charge in [0.1, 0.15) is 0 Å². The van der Waals surface area contributed by atoms with Crippen LogP contribution in [0.2, 0.25) is 0 Å². The number of hydrogen-bond acceptors (Lipinski definition) is 6. The molecule has 1 saturated carbocycles. The van der Waals surface area contributed by atoms with E-state index in [0.717, 1.165) is 15.2 Å². The minimum absolute atomic E-state index is 0.0680. The molecule has 0 aliphatic heterocycles.